The molecule has 2 atom stereocenters. The van der Waals surface area contributed by atoms with E-state index in [0.29, 0.717) is 0 Å². The molecule has 2 unspecified atom stereocenters. The van der Waals surface area contributed by atoms with Crippen molar-refractivity contribution >= 4 is 12.1 Å². The van der Waals surface area contributed by atoms with Crippen LogP contribution in [0, 0.1) is 0 Å². The first kappa shape index (κ1) is 19.9. The zero-order valence-electron chi connectivity index (χ0n) is 15.6. The van der Waals surface area contributed by atoms with Gasteiger partial charge < -0.3 is 19.3 Å². The number of rotatable bonds is 6. The molecule has 7 nitrogen and oxygen atoms in total. The van der Waals surface area contributed by atoms with Crippen LogP contribution in [0.3, 0.4) is 0 Å². The maximum Gasteiger partial charge on any atom is 0.412 e. The summed E-state index contributed by atoms with van der Waals surface area (Å²) in [5, 5.41) is 10.9. The second-order valence-corrected chi connectivity index (χ2v) is 6.59. The van der Waals surface area contributed by atoms with Gasteiger partial charge >= 0.3 is 12.1 Å². The number of carbonyl (C=O) groups excluding carboxylic acids is 2. The monoisotopic (exact) mass is 385 g/mol. The van der Waals surface area contributed by atoms with Crippen LogP contribution in [0.1, 0.15) is 17.5 Å². The molecule has 1 aliphatic rings. The lowest BCUT2D eigenvalue weighted by Gasteiger charge is -2.30. The highest BCUT2D eigenvalue weighted by atomic mass is 16.6. The molecule has 1 fully saturated rings. The molecule has 0 aliphatic carbocycles. The Kier molecular flexibility index (Phi) is 6.28. The summed E-state index contributed by atoms with van der Waals surface area (Å²) in [7, 11) is 1.46. The fourth-order valence-electron chi connectivity index (χ4n) is 3.06. The minimum Gasteiger partial charge on any atom is -0.457 e. The molecule has 7 heteroatoms. The van der Waals surface area contributed by atoms with E-state index >= 15 is 0 Å². The van der Waals surface area contributed by atoms with Crippen molar-refractivity contribution in [2.45, 2.75) is 31.5 Å². The van der Waals surface area contributed by atoms with Crippen LogP contribution < -0.4 is 0 Å². The summed E-state index contributed by atoms with van der Waals surface area (Å²) in [5.41, 5.74) is -0.559. The first-order valence-corrected chi connectivity index (χ1v) is 8.97. The normalized spacial score (nSPS) is 21.4. The van der Waals surface area contributed by atoms with Crippen molar-refractivity contribution in [1.82, 2.24) is 4.90 Å². The third-order valence-electron chi connectivity index (χ3n) is 4.64. The van der Waals surface area contributed by atoms with Gasteiger partial charge in [-0.25, -0.2) is 9.59 Å². The zero-order valence-corrected chi connectivity index (χ0v) is 15.6. The SMILES string of the molecule is COC1CN(C(=O)OCc2ccccc2)C(O)(C(=O)OCc2ccccc2)C1. The standard InChI is InChI=1S/C21H23NO6/c1-26-18-12-21(25,19(23)27-14-16-8-4-2-5-9-16)22(13-18)20(24)28-15-17-10-6-3-7-11-17/h2-11,18,25H,12-15H2,1H3. The topological polar surface area (TPSA) is 85.3 Å². The lowest BCUT2D eigenvalue weighted by Crippen LogP contribution is -2.53. The molecule has 1 heterocycles. The van der Waals surface area contributed by atoms with Gasteiger partial charge in [-0.2, -0.15) is 0 Å². The minimum absolute atomic E-state index is 0.00741. The van der Waals surface area contributed by atoms with Gasteiger partial charge in [-0.15, -0.1) is 0 Å². The average molecular weight is 385 g/mol. The molecule has 2 aromatic rings. The summed E-state index contributed by atoms with van der Waals surface area (Å²) in [4.78, 5) is 26.1. The molecular formula is C21H23NO6. The molecule has 0 aromatic heterocycles. The van der Waals surface area contributed by atoms with E-state index in [1.165, 1.54) is 7.11 Å². The number of hydrogen-bond acceptors (Lipinski definition) is 6. The van der Waals surface area contributed by atoms with Gasteiger partial charge in [-0.05, 0) is 11.1 Å². The van der Waals surface area contributed by atoms with Crippen LogP contribution in [-0.2, 0) is 32.2 Å². The molecule has 1 aliphatic heterocycles. The molecule has 2 aromatic carbocycles. The van der Waals surface area contributed by atoms with E-state index in [0.717, 1.165) is 16.0 Å². The second kappa shape index (κ2) is 8.86. The molecule has 148 valence electrons. The van der Waals surface area contributed by atoms with Crippen molar-refractivity contribution in [2.24, 2.45) is 0 Å². The van der Waals surface area contributed by atoms with E-state index in [1.54, 1.807) is 12.1 Å². The first-order valence-electron chi connectivity index (χ1n) is 8.97. The Labute approximate surface area is 163 Å². The fourth-order valence-corrected chi connectivity index (χ4v) is 3.06. The van der Waals surface area contributed by atoms with Crippen molar-refractivity contribution < 1.29 is 28.9 Å². The largest absolute Gasteiger partial charge is 0.457 e. The van der Waals surface area contributed by atoms with Gasteiger partial charge in [0.1, 0.15) is 13.2 Å². The van der Waals surface area contributed by atoms with E-state index in [1.807, 2.05) is 48.5 Å². The van der Waals surface area contributed by atoms with Gasteiger partial charge in [0, 0.05) is 13.5 Å². The van der Waals surface area contributed by atoms with Crippen molar-refractivity contribution in [3.05, 3.63) is 71.8 Å². The summed E-state index contributed by atoms with van der Waals surface area (Å²) < 4.78 is 15.8. The number of amides is 1. The Morgan fingerprint density at radius 2 is 1.54 bits per heavy atom. The molecule has 1 amide bonds. The summed E-state index contributed by atoms with van der Waals surface area (Å²) in [5.74, 6) is -0.910. The maximum atomic E-state index is 12.6. The Hall–Kier alpha value is -2.90. The summed E-state index contributed by atoms with van der Waals surface area (Å²) in [6.07, 6.45) is -1.39. The molecule has 3 rings (SSSR count). The molecule has 28 heavy (non-hydrogen) atoms. The van der Waals surface area contributed by atoms with Crippen molar-refractivity contribution in [2.75, 3.05) is 13.7 Å². The summed E-state index contributed by atoms with van der Waals surface area (Å²) in [6, 6.07) is 18.2. The molecule has 0 bridgehead atoms. The number of hydrogen-bond donors (Lipinski definition) is 1. The third kappa shape index (κ3) is 4.49. The number of methoxy groups -OCH3 is 1. The van der Waals surface area contributed by atoms with Crippen LogP contribution in [0.4, 0.5) is 4.79 Å². The molecule has 0 saturated carbocycles. The number of nitrogens with zero attached hydrogens (tertiary/aromatic N) is 1. The van der Waals surface area contributed by atoms with Crippen molar-refractivity contribution in [1.29, 1.82) is 0 Å². The van der Waals surface area contributed by atoms with Crippen LogP contribution >= 0.6 is 0 Å². The third-order valence-corrected chi connectivity index (χ3v) is 4.64. The lowest BCUT2D eigenvalue weighted by molar-refractivity contribution is -0.182. The van der Waals surface area contributed by atoms with E-state index in [2.05, 4.69) is 0 Å². The molecular weight excluding hydrogens is 362 g/mol. The van der Waals surface area contributed by atoms with Crippen LogP contribution in [-0.4, -0.2) is 47.6 Å². The highest BCUT2D eigenvalue weighted by Crippen LogP contribution is 2.31. The number of carbonyl (C=O) groups is 2. The molecule has 0 radical (unpaired) electrons. The summed E-state index contributed by atoms with van der Waals surface area (Å²) in [6.45, 7) is 0.0521. The smallest absolute Gasteiger partial charge is 0.412 e. The van der Waals surface area contributed by atoms with Gasteiger partial charge in [0.2, 0.25) is 5.72 Å². The Balaban J connectivity index is 1.67. The minimum atomic E-state index is -2.14. The van der Waals surface area contributed by atoms with Crippen LogP contribution in [0.25, 0.3) is 0 Å². The molecule has 1 saturated heterocycles. The van der Waals surface area contributed by atoms with Crippen molar-refractivity contribution in [3.8, 4) is 0 Å². The highest BCUT2D eigenvalue weighted by molar-refractivity contribution is 5.85. The van der Waals surface area contributed by atoms with Gasteiger partial charge in [0.25, 0.3) is 0 Å². The highest BCUT2D eigenvalue weighted by Gasteiger charge is 2.54. The van der Waals surface area contributed by atoms with Gasteiger partial charge in [0.15, 0.2) is 0 Å². The van der Waals surface area contributed by atoms with Crippen LogP contribution in [0.2, 0.25) is 0 Å². The lowest BCUT2D eigenvalue weighted by atomic mass is 10.1. The quantitative estimate of drug-likeness (QED) is 0.769. The zero-order chi connectivity index (χ0) is 20.0. The van der Waals surface area contributed by atoms with Crippen LogP contribution in [0.5, 0.6) is 0 Å². The van der Waals surface area contributed by atoms with E-state index in [4.69, 9.17) is 14.2 Å². The summed E-state index contributed by atoms with van der Waals surface area (Å²) >= 11 is 0. The Bertz CT molecular complexity index is 797. The maximum absolute atomic E-state index is 12.6. The second-order valence-electron chi connectivity index (χ2n) is 6.59. The molecule has 0 spiro atoms. The van der Waals surface area contributed by atoms with E-state index in [-0.39, 0.29) is 26.2 Å². The number of aliphatic hydroxyl groups is 1. The fraction of sp³-hybridized carbons (Fsp3) is 0.333. The Morgan fingerprint density at radius 3 is 2.07 bits per heavy atom. The first-order chi connectivity index (χ1) is 13.5. The van der Waals surface area contributed by atoms with Gasteiger partial charge in [-0.1, -0.05) is 60.7 Å². The van der Waals surface area contributed by atoms with Crippen molar-refractivity contribution in [3.63, 3.8) is 0 Å². The van der Waals surface area contributed by atoms with E-state index in [9.17, 15) is 14.7 Å². The predicted molar refractivity (Wildman–Crippen MR) is 99.9 cm³/mol. The average Bonchev–Trinajstić information content (AvgIpc) is 3.10. The van der Waals surface area contributed by atoms with Gasteiger partial charge in [-0.3, -0.25) is 4.90 Å². The Morgan fingerprint density at radius 1 is 1.00 bits per heavy atom. The number of benzene rings is 2. The van der Waals surface area contributed by atoms with Gasteiger partial charge in [0.05, 0.1) is 12.6 Å². The van der Waals surface area contributed by atoms with Crippen LogP contribution in [0.15, 0.2) is 60.7 Å². The molecule has 1 N–H and O–H groups in total. The predicted octanol–water partition coefficient (Wildman–Crippen LogP) is 2.48. The number of likely N-dealkylation sites (tertiary alicyclic amines) is 1. The van der Waals surface area contributed by atoms with E-state index < -0.39 is 23.9 Å². The number of ether oxygens (including phenoxy) is 3. The number of esters is 1.